The maximum Gasteiger partial charge on any atom is 0.218 e. The van der Waals surface area contributed by atoms with Crippen LogP contribution in [0.5, 0.6) is 5.88 Å². The van der Waals surface area contributed by atoms with Gasteiger partial charge in [0.05, 0.1) is 6.10 Å². The summed E-state index contributed by atoms with van der Waals surface area (Å²) in [6.07, 6.45) is 2.88. The van der Waals surface area contributed by atoms with Gasteiger partial charge in [0, 0.05) is 25.6 Å². The number of hydrogen-bond donors (Lipinski definition) is 1. The fraction of sp³-hybridized carbons (Fsp3) is 0.444. The summed E-state index contributed by atoms with van der Waals surface area (Å²) in [5.74, 6) is 1.77. The van der Waals surface area contributed by atoms with Crippen LogP contribution in [0.3, 0.4) is 0 Å². The first-order chi connectivity index (χ1) is 11.2. The lowest BCUT2D eigenvalue weighted by Gasteiger charge is -2.18. The summed E-state index contributed by atoms with van der Waals surface area (Å²) in [6.45, 7) is 3.79. The lowest BCUT2D eigenvalue weighted by Crippen LogP contribution is -2.18. The van der Waals surface area contributed by atoms with E-state index in [0.29, 0.717) is 12.3 Å². The van der Waals surface area contributed by atoms with E-state index >= 15 is 0 Å². The van der Waals surface area contributed by atoms with Crippen molar-refractivity contribution in [3.63, 3.8) is 0 Å². The van der Waals surface area contributed by atoms with Crippen molar-refractivity contribution >= 4 is 5.82 Å². The van der Waals surface area contributed by atoms with Crippen molar-refractivity contribution in [3.8, 4) is 5.88 Å². The molecule has 3 atom stereocenters. The van der Waals surface area contributed by atoms with E-state index in [9.17, 15) is 5.11 Å². The number of aliphatic hydroxyl groups excluding tert-OH is 1. The van der Waals surface area contributed by atoms with Crippen LogP contribution in [0.25, 0.3) is 0 Å². The Bertz CT molecular complexity index is 671. The van der Waals surface area contributed by atoms with Crippen LogP contribution in [0, 0.1) is 5.92 Å². The van der Waals surface area contributed by atoms with E-state index in [1.165, 1.54) is 11.1 Å². The molecule has 1 aromatic carbocycles. The number of hydrogen-bond acceptors (Lipinski definition) is 5. The summed E-state index contributed by atoms with van der Waals surface area (Å²) in [4.78, 5) is 10.9. The number of rotatable bonds is 3. The topological polar surface area (TPSA) is 58.5 Å². The number of aliphatic hydroxyl groups is 1. The molecular formula is C18H21N3O2. The number of aromatic nitrogens is 2. The van der Waals surface area contributed by atoms with Crippen LogP contribution < -0.4 is 9.64 Å². The Hall–Kier alpha value is -2.14. The van der Waals surface area contributed by atoms with E-state index < -0.39 is 0 Å². The van der Waals surface area contributed by atoms with Crippen molar-refractivity contribution in [2.24, 2.45) is 5.92 Å². The zero-order valence-electron chi connectivity index (χ0n) is 13.2. The average Bonchev–Trinajstić information content (AvgIpc) is 3.11. The van der Waals surface area contributed by atoms with Crippen LogP contribution in [0.15, 0.2) is 36.7 Å². The molecule has 5 heteroatoms. The zero-order valence-corrected chi connectivity index (χ0v) is 13.2. The highest BCUT2D eigenvalue weighted by Crippen LogP contribution is 2.31. The van der Waals surface area contributed by atoms with E-state index in [-0.39, 0.29) is 18.1 Å². The van der Waals surface area contributed by atoms with Crippen LogP contribution in [0.1, 0.15) is 30.9 Å². The summed E-state index contributed by atoms with van der Waals surface area (Å²) in [5, 5.41) is 9.85. The first-order valence-corrected chi connectivity index (χ1v) is 8.17. The number of ether oxygens (including phenoxy) is 1. The monoisotopic (exact) mass is 311 g/mol. The van der Waals surface area contributed by atoms with Crippen molar-refractivity contribution in [2.75, 3.05) is 4.90 Å². The molecule has 1 aliphatic heterocycles. The third-order valence-electron chi connectivity index (χ3n) is 4.88. The Morgan fingerprint density at radius 3 is 2.52 bits per heavy atom. The number of anilines is 1. The number of fused-ring (bicyclic) bond motifs is 1. The molecule has 2 aromatic rings. The second-order valence-corrected chi connectivity index (χ2v) is 6.60. The van der Waals surface area contributed by atoms with Gasteiger partial charge in [-0.15, -0.1) is 0 Å². The molecule has 0 bridgehead atoms. The molecule has 5 nitrogen and oxygen atoms in total. The fourth-order valence-electron chi connectivity index (χ4n) is 3.50. The molecule has 0 saturated heterocycles. The van der Waals surface area contributed by atoms with Crippen LogP contribution in [-0.2, 0) is 13.1 Å². The van der Waals surface area contributed by atoms with E-state index in [4.69, 9.17) is 4.74 Å². The SMILES string of the molecule is C[C@H]1C[C@@H](Oc2cc(N3Cc4ccccc4C3)ncn2)C[C@@H]1O. The zero-order chi connectivity index (χ0) is 15.8. The Balaban J connectivity index is 1.47. The summed E-state index contributed by atoms with van der Waals surface area (Å²) in [7, 11) is 0. The highest BCUT2D eigenvalue weighted by molar-refractivity contribution is 5.48. The van der Waals surface area contributed by atoms with Gasteiger partial charge in [0.2, 0.25) is 5.88 Å². The molecule has 23 heavy (non-hydrogen) atoms. The van der Waals surface area contributed by atoms with Gasteiger partial charge in [-0.3, -0.25) is 0 Å². The standard InChI is InChI=1S/C18H21N3O2/c1-12-6-15(7-16(12)22)23-18-8-17(19-11-20-18)21-9-13-4-2-3-5-14(13)10-21/h2-5,8,11-12,15-16,22H,6-7,9-10H2,1H3/t12-,15+,16-/m0/s1. The molecule has 0 amide bonds. The fourth-order valence-corrected chi connectivity index (χ4v) is 3.50. The minimum atomic E-state index is -0.269. The van der Waals surface area contributed by atoms with Gasteiger partial charge < -0.3 is 14.7 Å². The molecule has 1 fully saturated rings. The molecule has 1 N–H and O–H groups in total. The molecule has 1 aromatic heterocycles. The van der Waals surface area contributed by atoms with E-state index in [2.05, 4.69) is 46.1 Å². The van der Waals surface area contributed by atoms with Gasteiger partial charge in [0.15, 0.2) is 0 Å². The normalized spacial score (nSPS) is 26.3. The summed E-state index contributed by atoms with van der Waals surface area (Å²) < 4.78 is 5.96. The van der Waals surface area contributed by atoms with Crippen molar-refractivity contribution in [1.29, 1.82) is 0 Å². The van der Waals surface area contributed by atoms with E-state index in [0.717, 1.165) is 25.3 Å². The molecule has 0 radical (unpaired) electrons. The van der Waals surface area contributed by atoms with Gasteiger partial charge in [-0.2, -0.15) is 0 Å². The Morgan fingerprint density at radius 1 is 1.13 bits per heavy atom. The van der Waals surface area contributed by atoms with Gasteiger partial charge in [0.25, 0.3) is 0 Å². The molecule has 1 aliphatic carbocycles. The average molecular weight is 311 g/mol. The smallest absolute Gasteiger partial charge is 0.218 e. The molecule has 0 spiro atoms. The van der Waals surface area contributed by atoms with Crippen molar-refractivity contribution < 1.29 is 9.84 Å². The highest BCUT2D eigenvalue weighted by atomic mass is 16.5. The molecule has 2 heterocycles. The van der Waals surface area contributed by atoms with Crippen molar-refractivity contribution in [3.05, 3.63) is 47.8 Å². The largest absolute Gasteiger partial charge is 0.474 e. The third kappa shape index (κ3) is 2.88. The van der Waals surface area contributed by atoms with E-state index in [1.54, 1.807) is 6.33 Å². The summed E-state index contributed by atoms with van der Waals surface area (Å²) in [5.41, 5.74) is 2.70. The van der Waals surface area contributed by atoms with E-state index in [1.807, 2.05) is 6.07 Å². The highest BCUT2D eigenvalue weighted by Gasteiger charge is 2.31. The van der Waals surface area contributed by atoms with Gasteiger partial charge >= 0.3 is 0 Å². The second kappa shape index (κ2) is 5.81. The van der Waals surface area contributed by atoms with Gasteiger partial charge in [0.1, 0.15) is 18.2 Å². The van der Waals surface area contributed by atoms with Crippen molar-refractivity contribution in [1.82, 2.24) is 9.97 Å². The van der Waals surface area contributed by atoms with Crippen LogP contribution in [0.2, 0.25) is 0 Å². The lowest BCUT2D eigenvalue weighted by molar-refractivity contribution is 0.128. The molecule has 1 saturated carbocycles. The second-order valence-electron chi connectivity index (χ2n) is 6.60. The molecule has 120 valence electrons. The maximum absolute atomic E-state index is 9.85. The summed E-state index contributed by atoms with van der Waals surface area (Å²) >= 11 is 0. The number of benzene rings is 1. The minimum absolute atomic E-state index is 0.0403. The number of nitrogens with zero attached hydrogens (tertiary/aromatic N) is 3. The van der Waals surface area contributed by atoms with Crippen LogP contribution in [-0.4, -0.2) is 27.3 Å². The van der Waals surface area contributed by atoms with Gasteiger partial charge in [-0.05, 0) is 23.5 Å². The predicted molar refractivity (Wildman–Crippen MR) is 87.2 cm³/mol. The van der Waals surface area contributed by atoms with Crippen LogP contribution in [0.4, 0.5) is 5.82 Å². The predicted octanol–water partition coefficient (Wildman–Crippen LogP) is 2.54. The van der Waals surface area contributed by atoms with Gasteiger partial charge in [-0.1, -0.05) is 31.2 Å². The first-order valence-electron chi connectivity index (χ1n) is 8.17. The molecule has 4 rings (SSSR count). The molecule has 0 unspecified atom stereocenters. The maximum atomic E-state index is 9.85. The first kappa shape index (κ1) is 14.5. The third-order valence-corrected chi connectivity index (χ3v) is 4.88. The van der Waals surface area contributed by atoms with Crippen molar-refractivity contribution in [2.45, 2.75) is 45.1 Å². The Kier molecular flexibility index (Phi) is 3.65. The lowest BCUT2D eigenvalue weighted by atomic mass is 10.1. The summed E-state index contributed by atoms with van der Waals surface area (Å²) in [6, 6.07) is 10.4. The molecule has 2 aliphatic rings. The van der Waals surface area contributed by atoms with Crippen LogP contribution >= 0.6 is 0 Å². The Morgan fingerprint density at radius 2 is 1.87 bits per heavy atom. The quantitative estimate of drug-likeness (QED) is 0.944. The minimum Gasteiger partial charge on any atom is -0.474 e. The Labute approximate surface area is 136 Å². The van der Waals surface area contributed by atoms with Gasteiger partial charge in [-0.25, -0.2) is 9.97 Å². The molecular weight excluding hydrogens is 290 g/mol.